The Morgan fingerprint density at radius 2 is 1.09 bits per heavy atom. The molecule has 4 heterocycles. The molecule has 10 aromatic rings. The first-order chi connectivity index (χ1) is 26.1. The van der Waals surface area contributed by atoms with Gasteiger partial charge in [-0.2, -0.15) is 0 Å². The van der Waals surface area contributed by atoms with Crippen LogP contribution in [0.2, 0.25) is 0 Å². The summed E-state index contributed by atoms with van der Waals surface area (Å²) in [5.41, 5.74) is 14.2. The number of nitrogens with zero attached hydrogens (tertiary/aromatic N) is 5. The van der Waals surface area contributed by atoms with Crippen molar-refractivity contribution in [2.45, 2.75) is 13.8 Å². The Bertz CT molecular complexity index is 2980. The Balaban J connectivity index is 1.20. The second-order valence-electron chi connectivity index (χ2n) is 13.6. The van der Waals surface area contributed by atoms with Crippen LogP contribution in [0, 0.1) is 13.8 Å². The highest BCUT2D eigenvalue weighted by atomic mass is 15.1. The van der Waals surface area contributed by atoms with Gasteiger partial charge in [-0.15, -0.1) is 0 Å². The maximum atomic E-state index is 5.03. The van der Waals surface area contributed by atoms with E-state index < -0.39 is 0 Å². The van der Waals surface area contributed by atoms with Gasteiger partial charge < -0.3 is 9.47 Å². The van der Waals surface area contributed by atoms with E-state index >= 15 is 0 Å². The predicted molar refractivity (Wildman–Crippen MR) is 220 cm³/mol. The number of aryl methyl sites for hydroxylation is 2. The summed E-state index contributed by atoms with van der Waals surface area (Å²) in [6.45, 7) is 4.24. The lowest BCUT2D eigenvalue weighted by atomic mass is 10.1. The SMILES string of the molecule is Cc1cnc(-c2cccc(N(c3ccccc3)c3cccc(-n4c5ccc6c(c7ccccc7n6-c6ccccc6)c5c5cccnc54)c3)c2)cc1C. The zero-order valence-corrected chi connectivity index (χ0v) is 29.5. The smallest absolute Gasteiger partial charge is 0.145 e. The second kappa shape index (κ2) is 12.4. The Hall–Kier alpha value is -6.98. The molecule has 0 aliphatic carbocycles. The number of para-hydroxylation sites is 3. The molecule has 0 saturated carbocycles. The molecule has 10 rings (SSSR count). The summed E-state index contributed by atoms with van der Waals surface area (Å²) in [6, 6.07) is 58.4. The molecule has 0 N–H and O–H groups in total. The highest BCUT2D eigenvalue weighted by Crippen LogP contribution is 2.43. The third kappa shape index (κ3) is 5.01. The fourth-order valence-corrected chi connectivity index (χ4v) is 7.89. The summed E-state index contributed by atoms with van der Waals surface area (Å²) in [4.78, 5) is 12.1. The maximum Gasteiger partial charge on any atom is 0.145 e. The lowest BCUT2D eigenvalue weighted by Crippen LogP contribution is -2.10. The summed E-state index contributed by atoms with van der Waals surface area (Å²) in [6.07, 6.45) is 3.86. The quantitative estimate of drug-likeness (QED) is 0.175. The normalized spacial score (nSPS) is 11.6. The molecule has 0 fully saturated rings. The third-order valence-electron chi connectivity index (χ3n) is 10.5. The van der Waals surface area contributed by atoms with Gasteiger partial charge in [0.1, 0.15) is 5.65 Å². The molecule has 0 unspecified atom stereocenters. The van der Waals surface area contributed by atoms with Gasteiger partial charge in [0, 0.05) is 67.9 Å². The van der Waals surface area contributed by atoms with Crippen LogP contribution < -0.4 is 4.90 Å². The zero-order chi connectivity index (χ0) is 35.5. The van der Waals surface area contributed by atoms with Crippen molar-refractivity contribution in [1.29, 1.82) is 0 Å². The fourth-order valence-electron chi connectivity index (χ4n) is 7.89. The topological polar surface area (TPSA) is 38.9 Å². The minimum absolute atomic E-state index is 0.928. The average molecular weight is 682 g/mol. The molecule has 4 aromatic heterocycles. The van der Waals surface area contributed by atoms with Crippen molar-refractivity contribution in [2.24, 2.45) is 0 Å². The van der Waals surface area contributed by atoms with E-state index in [1.165, 1.54) is 38.3 Å². The van der Waals surface area contributed by atoms with Gasteiger partial charge in [-0.1, -0.05) is 72.8 Å². The van der Waals surface area contributed by atoms with Crippen molar-refractivity contribution in [3.05, 3.63) is 187 Å². The first kappa shape index (κ1) is 30.8. The largest absolute Gasteiger partial charge is 0.310 e. The van der Waals surface area contributed by atoms with Gasteiger partial charge in [-0.25, -0.2) is 4.98 Å². The first-order valence-electron chi connectivity index (χ1n) is 18.0. The second-order valence-corrected chi connectivity index (χ2v) is 13.6. The summed E-state index contributed by atoms with van der Waals surface area (Å²) < 4.78 is 4.70. The minimum Gasteiger partial charge on any atom is -0.310 e. The number of hydrogen-bond acceptors (Lipinski definition) is 3. The number of anilines is 3. The van der Waals surface area contributed by atoms with Crippen LogP contribution in [0.15, 0.2) is 176 Å². The van der Waals surface area contributed by atoms with E-state index in [1.54, 1.807) is 0 Å². The number of rotatable bonds is 6. The van der Waals surface area contributed by atoms with Crippen molar-refractivity contribution in [1.82, 2.24) is 19.1 Å². The number of benzene rings is 6. The van der Waals surface area contributed by atoms with Crippen LogP contribution in [0.1, 0.15) is 11.1 Å². The van der Waals surface area contributed by atoms with Crippen LogP contribution in [0.25, 0.3) is 66.4 Å². The van der Waals surface area contributed by atoms with Gasteiger partial charge in [0.2, 0.25) is 0 Å². The minimum atomic E-state index is 0.928. The Morgan fingerprint density at radius 1 is 0.453 bits per heavy atom. The van der Waals surface area contributed by atoms with E-state index in [0.29, 0.717) is 0 Å². The Kier molecular flexibility index (Phi) is 7.18. The fraction of sp³-hybridized carbons (Fsp3) is 0.0417. The van der Waals surface area contributed by atoms with E-state index in [1.807, 2.05) is 18.5 Å². The van der Waals surface area contributed by atoms with Crippen LogP contribution in [0.3, 0.4) is 0 Å². The van der Waals surface area contributed by atoms with Gasteiger partial charge in [0.25, 0.3) is 0 Å². The predicted octanol–water partition coefficient (Wildman–Crippen LogP) is 12.4. The van der Waals surface area contributed by atoms with E-state index in [0.717, 1.165) is 56.2 Å². The van der Waals surface area contributed by atoms with Gasteiger partial charge in [0.05, 0.1) is 22.2 Å². The summed E-state index contributed by atoms with van der Waals surface area (Å²) in [5, 5.41) is 4.79. The molecule has 0 bridgehead atoms. The summed E-state index contributed by atoms with van der Waals surface area (Å²) >= 11 is 0. The van der Waals surface area contributed by atoms with Gasteiger partial charge in [-0.3, -0.25) is 9.55 Å². The van der Waals surface area contributed by atoms with Crippen molar-refractivity contribution in [3.8, 4) is 22.6 Å². The average Bonchev–Trinajstić information content (AvgIpc) is 3.73. The van der Waals surface area contributed by atoms with Crippen LogP contribution >= 0.6 is 0 Å². The highest BCUT2D eigenvalue weighted by molar-refractivity contribution is 6.28. The van der Waals surface area contributed by atoms with Crippen molar-refractivity contribution in [2.75, 3.05) is 4.90 Å². The first-order valence-corrected chi connectivity index (χ1v) is 18.0. The van der Waals surface area contributed by atoms with Crippen molar-refractivity contribution < 1.29 is 0 Å². The third-order valence-corrected chi connectivity index (χ3v) is 10.5. The van der Waals surface area contributed by atoms with E-state index in [4.69, 9.17) is 9.97 Å². The van der Waals surface area contributed by atoms with Crippen LogP contribution in [-0.4, -0.2) is 19.1 Å². The lowest BCUT2D eigenvalue weighted by Gasteiger charge is -2.26. The molecule has 53 heavy (non-hydrogen) atoms. The summed E-state index contributed by atoms with van der Waals surface area (Å²) in [7, 11) is 0. The Morgan fingerprint density at radius 3 is 1.91 bits per heavy atom. The van der Waals surface area contributed by atoms with Crippen LogP contribution in [0.5, 0.6) is 0 Å². The molecule has 6 aromatic carbocycles. The van der Waals surface area contributed by atoms with Crippen LogP contribution in [-0.2, 0) is 0 Å². The number of aromatic nitrogens is 4. The van der Waals surface area contributed by atoms with Gasteiger partial charge in [-0.05, 0) is 116 Å². The molecule has 0 atom stereocenters. The Labute approximate surface area is 307 Å². The molecular weight excluding hydrogens is 647 g/mol. The van der Waals surface area contributed by atoms with Crippen LogP contribution in [0.4, 0.5) is 17.1 Å². The summed E-state index contributed by atoms with van der Waals surface area (Å²) in [5.74, 6) is 0. The molecule has 0 spiro atoms. The lowest BCUT2D eigenvalue weighted by molar-refractivity contribution is 1.13. The molecule has 0 aliphatic rings. The molecule has 0 radical (unpaired) electrons. The van der Waals surface area contributed by atoms with Crippen molar-refractivity contribution >= 4 is 60.8 Å². The number of fused-ring (bicyclic) bond motifs is 7. The van der Waals surface area contributed by atoms with Gasteiger partial charge in [0.15, 0.2) is 0 Å². The molecule has 0 aliphatic heterocycles. The molecule has 252 valence electrons. The van der Waals surface area contributed by atoms with Crippen molar-refractivity contribution in [3.63, 3.8) is 0 Å². The maximum absolute atomic E-state index is 5.03. The molecular formula is C48H35N5. The molecule has 0 amide bonds. The van der Waals surface area contributed by atoms with Gasteiger partial charge >= 0.3 is 0 Å². The monoisotopic (exact) mass is 681 g/mol. The molecule has 5 heteroatoms. The highest BCUT2D eigenvalue weighted by Gasteiger charge is 2.22. The molecule has 5 nitrogen and oxygen atoms in total. The number of pyridine rings is 2. The zero-order valence-electron chi connectivity index (χ0n) is 29.5. The van der Waals surface area contributed by atoms with E-state index in [-0.39, 0.29) is 0 Å². The standard InChI is InChI=1S/C48H35N5/c1-32-28-42(50-31-33(32)2)34-14-11-19-37(29-34)51(35-15-5-3-6-16-35)38-20-12-21-39(30-38)53-45-26-25-44-46(47(45)41-23-13-27-49-48(41)53)40-22-9-10-24-43(40)52(44)36-17-7-4-8-18-36/h3-31H,1-2H3. The number of hydrogen-bond donors (Lipinski definition) is 0. The van der Waals surface area contributed by atoms with E-state index in [2.05, 4.69) is 186 Å². The molecule has 0 saturated heterocycles. The van der Waals surface area contributed by atoms with E-state index in [9.17, 15) is 0 Å².